The van der Waals surface area contributed by atoms with Gasteiger partial charge in [0.1, 0.15) is 11.2 Å². The Morgan fingerprint density at radius 3 is 1.68 bits per heavy atom. The summed E-state index contributed by atoms with van der Waals surface area (Å²) in [6.45, 7) is 4.67. The maximum Gasteiger partial charge on any atom is 0.135 e. The van der Waals surface area contributed by atoms with E-state index < -0.39 is 0 Å². The van der Waals surface area contributed by atoms with Crippen molar-refractivity contribution in [2.45, 2.75) is 19.3 Å². The van der Waals surface area contributed by atoms with E-state index in [1.54, 1.807) is 0 Å². The van der Waals surface area contributed by atoms with Crippen molar-refractivity contribution in [1.29, 1.82) is 0 Å². The number of benzene rings is 8. The molecule has 0 N–H and O–H groups in total. The van der Waals surface area contributed by atoms with Gasteiger partial charge in [-0.3, -0.25) is 0 Å². The second-order valence-electron chi connectivity index (χ2n) is 14.6. The van der Waals surface area contributed by atoms with Crippen LogP contribution in [-0.2, 0) is 5.41 Å². The fourth-order valence-corrected chi connectivity index (χ4v) is 8.37. The molecule has 0 spiro atoms. The average molecular weight is 680 g/mol. The highest BCUT2D eigenvalue weighted by Crippen LogP contribution is 2.50. The summed E-state index contributed by atoms with van der Waals surface area (Å²) in [4.78, 5) is 2.38. The number of rotatable bonds is 6. The first-order valence-corrected chi connectivity index (χ1v) is 18.3. The van der Waals surface area contributed by atoms with E-state index in [1.165, 1.54) is 44.5 Å². The van der Waals surface area contributed by atoms with E-state index in [1.807, 2.05) is 12.1 Å². The molecular weight excluding hydrogens is 643 g/mol. The predicted octanol–water partition coefficient (Wildman–Crippen LogP) is 14.4. The van der Waals surface area contributed by atoms with E-state index >= 15 is 0 Å². The van der Waals surface area contributed by atoms with Crippen molar-refractivity contribution >= 4 is 39.0 Å². The van der Waals surface area contributed by atoms with Crippen LogP contribution in [0.15, 0.2) is 192 Å². The van der Waals surface area contributed by atoms with Crippen LogP contribution in [0.25, 0.3) is 66.4 Å². The number of para-hydroxylation sites is 2. The van der Waals surface area contributed by atoms with E-state index in [4.69, 9.17) is 4.42 Å². The van der Waals surface area contributed by atoms with Crippen molar-refractivity contribution in [3.05, 3.63) is 199 Å². The molecular formula is C51H37NO. The molecule has 0 amide bonds. The minimum atomic E-state index is -0.00309. The van der Waals surface area contributed by atoms with Crippen LogP contribution < -0.4 is 4.90 Å². The van der Waals surface area contributed by atoms with Crippen LogP contribution in [0.2, 0.25) is 0 Å². The maximum absolute atomic E-state index is 6.11. The van der Waals surface area contributed by atoms with Gasteiger partial charge in [-0.1, -0.05) is 147 Å². The van der Waals surface area contributed by atoms with Gasteiger partial charge in [-0.05, 0) is 105 Å². The number of furan rings is 1. The first kappa shape index (κ1) is 31.1. The quantitative estimate of drug-likeness (QED) is 0.174. The highest BCUT2D eigenvalue weighted by atomic mass is 16.3. The Morgan fingerprint density at radius 1 is 0.377 bits per heavy atom. The van der Waals surface area contributed by atoms with Crippen molar-refractivity contribution in [2.24, 2.45) is 0 Å². The van der Waals surface area contributed by atoms with Crippen molar-refractivity contribution in [2.75, 3.05) is 4.90 Å². The van der Waals surface area contributed by atoms with Gasteiger partial charge in [-0.2, -0.15) is 0 Å². The molecule has 252 valence electrons. The molecule has 9 aromatic rings. The van der Waals surface area contributed by atoms with Crippen molar-refractivity contribution in [3.63, 3.8) is 0 Å². The van der Waals surface area contributed by atoms with Crippen LogP contribution in [0.3, 0.4) is 0 Å². The van der Waals surface area contributed by atoms with Gasteiger partial charge in [-0.25, -0.2) is 0 Å². The Morgan fingerprint density at radius 2 is 0.925 bits per heavy atom. The molecule has 1 aliphatic rings. The van der Waals surface area contributed by atoms with Gasteiger partial charge in [0.15, 0.2) is 0 Å². The Kier molecular flexibility index (Phi) is 7.19. The third-order valence-corrected chi connectivity index (χ3v) is 11.1. The average Bonchev–Trinajstić information content (AvgIpc) is 3.70. The summed E-state index contributed by atoms with van der Waals surface area (Å²) >= 11 is 0. The van der Waals surface area contributed by atoms with Gasteiger partial charge in [-0.15, -0.1) is 0 Å². The third-order valence-electron chi connectivity index (χ3n) is 11.1. The third kappa shape index (κ3) is 5.18. The van der Waals surface area contributed by atoms with Crippen LogP contribution in [0.5, 0.6) is 0 Å². The lowest BCUT2D eigenvalue weighted by atomic mass is 9.82. The Balaban J connectivity index is 1.05. The summed E-state index contributed by atoms with van der Waals surface area (Å²) in [5.74, 6) is 0. The zero-order valence-corrected chi connectivity index (χ0v) is 29.8. The zero-order valence-electron chi connectivity index (χ0n) is 29.8. The molecule has 0 bridgehead atoms. The van der Waals surface area contributed by atoms with Gasteiger partial charge in [0.2, 0.25) is 0 Å². The molecule has 0 atom stereocenters. The lowest BCUT2D eigenvalue weighted by Gasteiger charge is -2.28. The maximum atomic E-state index is 6.11. The van der Waals surface area contributed by atoms with E-state index in [9.17, 15) is 0 Å². The zero-order chi connectivity index (χ0) is 35.5. The molecule has 2 heteroatoms. The first-order chi connectivity index (χ1) is 26.0. The highest BCUT2D eigenvalue weighted by Gasteiger charge is 2.35. The largest absolute Gasteiger partial charge is 0.456 e. The van der Waals surface area contributed by atoms with E-state index in [0.717, 1.165) is 50.1 Å². The second-order valence-corrected chi connectivity index (χ2v) is 14.6. The molecule has 10 rings (SSSR count). The van der Waals surface area contributed by atoms with Crippen LogP contribution in [0, 0.1) is 0 Å². The van der Waals surface area contributed by atoms with Gasteiger partial charge < -0.3 is 9.32 Å². The summed E-state index contributed by atoms with van der Waals surface area (Å²) < 4.78 is 6.11. The fourth-order valence-electron chi connectivity index (χ4n) is 8.37. The van der Waals surface area contributed by atoms with Gasteiger partial charge in [0.25, 0.3) is 0 Å². The first-order valence-electron chi connectivity index (χ1n) is 18.3. The van der Waals surface area contributed by atoms with E-state index in [0.29, 0.717) is 0 Å². The van der Waals surface area contributed by atoms with Gasteiger partial charge in [0.05, 0.1) is 5.69 Å². The molecule has 0 saturated heterocycles. The highest BCUT2D eigenvalue weighted by molar-refractivity contribution is 6.06. The van der Waals surface area contributed by atoms with Crippen molar-refractivity contribution in [1.82, 2.24) is 0 Å². The predicted molar refractivity (Wildman–Crippen MR) is 222 cm³/mol. The van der Waals surface area contributed by atoms with E-state index in [2.05, 4.69) is 195 Å². The van der Waals surface area contributed by atoms with Crippen LogP contribution >= 0.6 is 0 Å². The number of fused-ring (bicyclic) bond motifs is 6. The summed E-state index contributed by atoms with van der Waals surface area (Å²) in [5, 5.41) is 2.28. The number of hydrogen-bond acceptors (Lipinski definition) is 2. The summed E-state index contributed by atoms with van der Waals surface area (Å²) in [7, 11) is 0. The molecule has 0 saturated carbocycles. The topological polar surface area (TPSA) is 16.4 Å². The molecule has 8 aromatic carbocycles. The minimum absolute atomic E-state index is 0.00309. The monoisotopic (exact) mass is 679 g/mol. The SMILES string of the molecule is CC1(C)c2ccccc2-c2cc(-c3ccc(N(c4ccc(-c5ccc6oc7ccccc7c6c5)cc4)c4ccccc4-c4ccccc4)cc3)ccc21. The summed E-state index contributed by atoms with van der Waals surface area (Å²) in [6.07, 6.45) is 0. The molecule has 2 nitrogen and oxygen atoms in total. The number of hydrogen-bond donors (Lipinski definition) is 0. The number of anilines is 3. The summed E-state index contributed by atoms with van der Waals surface area (Å²) in [6, 6.07) is 67.9. The van der Waals surface area contributed by atoms with Crippen LogP contribution in [0.4, 0.5) is 17.1 Å². The fraction of sp³-hybridized carbons (Fsp3) is 0.0588. The Hall–Kier alpha value is -6.64. The lowest BCUT2D eigenvalue weighted by molar-refractivity contribution is 0.660. The minimum Gasteiger partial charge on any atom is -0.456 e. The molecule has 53 heavy (non-hydrogen) atoms. The lowest BCUT2D eigenvalue weighted by Crippen LogP contribution is -2.14. The molecule has 0 radical (unpaired) electrons. The Labute approximate surface area is 310 Å². The number of nitrogens with zero attached hydrogens (tertiary/aromatic N) is 1. The molecule has 0 unspecified atom stereocenters. The molecule has 0 aliphatic heterocycles. The molecule has 1 aromatic heterocycles. The van der Waals surface area contributed by atoms with Gasteiger partial charge >= 0.3 is 0 Å². The molecule has 1 aliphatic carbocycles. The molecule has 0 fully saturated rings. The molecule has 1 heterocycles. The van der Waals surface area contributed by atoms with Crippen molar-refractivity contribution < 1.29 is 4.42 Å². The van der Waals surface area contributed by atoms with E-state index in [-0.39, 0.29) is 5.41 Å². The smallest absolute Gasteiger partial charge is 0.135 e. The normalized spacial score (nSPS) is 12.9. The standard InChI is InChI=1S/C51H37NO/c1-51(2)46-17-9-6-15-42(46)44-32-37(24-30-47(44)51)34-20-26-39(27-21-34)52(48-18-10-7-14-41(48)36-12-4-3-5-13-36)40-28-22-35(23-29-40)38-25-31-50-45(33-38)43-16-8-11-19-49(43)53-50/h3-33H,1-2H3. The Bertz CT molecular complexity index is 2790. The van der Waals surface area contributed by atoms with Gasteiger partial charge in [0, 0.05) is 33.1 Å². The van der Waals surface area contributed by atoms with Crippen LogP contribution in [0.1, 0.15) is 25.0 Å². The second kappa shape index (κ2) is 12.3. The summed E-state index contributed by atoms with van der Waals surface area (Å²) in [5.41, 5.74) is 17.7. The van der Waals surface area contributed by atoms with Crippen molar-refractivity contribution in [3.8, 4) is 44.5 Å². The van der Waals surface area contributed by atoms with Crippen LogP contribution in [-0.4, -0.2) is 0 Å².